The predicted molar refractivity (Wildman–Crippen MR) is 82.3 cm³/mol. The first-order valence-corrected chi connectivity index (χ1v) is 8.89. The molecule has 0 bridgehead atoms. The maximum atomic E-state index is 10.0. The fraction of sp³-hybridized carbons (Fsp3) is 0.895. The zero-order chi connectivity index (χ0) is 14.0. The first-order valence-electron chi connectivity index (χ1n) is 8.89. The second kappa shape index (κ2) is 4.35. The van der Waals surface area contributed by atoms with E-state index >= 15 is 0 Å². The van der Waals surface area contributed by atoms with Gasteiger partial charge in [-0.25, -0.2) is 0 Å². The van der Waals surface area contributed by atoms with Crippen LogP contribution >= 0.6 is 0 Å². The molecule has 3 fully saturated rings. The Bertz CT molecular complexity index is 427. The Kier molecular flexibility index (Phi) is 2.91. The molecule has 0 radical (unpaired) electrons. The van der Waals surface area contributed by atoms with E-state index in [1.165, 1.54) is 38.5 Å². The van der Waals surface area contributed by atoms with Gasteiger partial charge in [-0.2, -0.15) is 0 Å². The number of fused-ring (bicyclic) bond motifs is 5. The zero-order valence-corrected chi connectivity index (χ0v) is 13.1. The summed E-state index contributed by atoms with van der Waals surface area (Å²) in [5.41, 5.74) is 1.05. The Hall–Kier alpha value is -0.300. The molecule has 0 aromatic carbocycles. The van der Waals surface area contributed by atoms with E-state index in [-0.39, 0.29) is 6.10 Å². The lowest BCUT2D eigenvalue weighted by atomic mass is 9.45. The minimum atomic E-state index is -0.00775. The number of hydrogen-bond acceptors (Lipinski definition) is 1. The Labute approximate surface area is 123 Å². The molecular weight excluding hydrogens is 244 g/mol. The Morgan fingerprint density at radius 1 is 1.00 bits per heavy atom. The predicted octanol–water partition coefficient (Wildman–Crippen LogP) is 4.56. The summed E-state index contributed by atoms with van der Waals surface area (Å²) in [6, 6.07) is 0. The standard InChI is InChI=1S/C19H30O/c1-18-9-3-4-16(18)15-6-5-13-12-14(20)7-11-19(13,2)17(15)8-10-18/h3,9,13-17,20H,4-8,10-12H2,1-2H3/t13-,14+,15-,16-,17-,18+,19-/m1/s1. The normalized spacial score (nSPS) is 57.9. The number of aliphatic hydroxyl groups excluding tert-OH is 1. The maximum Gasteiger partial charge on any atom is 0.0543 e. The molecule has 0 aromatic heterocycles. The van der Waals surface area contributed by atoms with Gasteiger partial charge in [0.15, 0.2) is 0 Å². The number of allylic oxidation sites excluding steroid dienone is 2. The van der Waals surface area contributed by atoms with Crippen LogP contribution in [0.2, 0.25) is 0 Å². The highest BCUT2D eigenvalue weighted by Gasteiger charge is 2.56. The molecule has 4 aliphatic carbocycles. The zero-order valence-electron chi connectivity index (χ0n) is 13.1. The van der Waals surface area contributed by atoms with Crippen molar-refractivity contribution in [3.63, 3.8) is 0 Å². The van der Waals surface area contributed by atoms with E-state index in [0.29, 0.717) is 10.8 Å². The van der Waals surface area contributed by atoms with Crippen molar-refractivity contribution < 1.29 is 5.11 Å². The SMILES string of the molecule is C[C@@]12CC[C@H](O)C[C@H]1CC[C@H]1[C@H]2CC[C@]2(C)C=CC[C@H]12. The van der Waals surface area contributed by atoms with Crippen LogP contribution in [0.25, 0.3) is 0 Å². The van der Waals surface area contributed by atoms with E-state index in [0.717, 1.165) is 36.5 Å². The number of aliphatic hydroxyl groups is 1. The first kappa shape index (κ1) is 13.4. The van der Waals surface area contributed by atoms with Crippen LogP contribution in [-0.4, -0.2) is 11.2 Å². The third-order valence-electron chi connectivity index (χ3n) is 7.96. The molecule has 0 spiro atoms. The monoisotopic (exact) mass is 274 g/mol. The molecule has 0 unspecified atom stereocenters. The van der Waals surface area contributed by atoms with E-state index in [4.69, 9.17) is 0 Å². The van der Waals surface area contributed by atoms with Gasteiger partial charge in [0.2, 0.25) is 0 Å². The van der Waals surface area contributed by atoms with Crippen molar-refractivity contribution in [2.24, 2.45) is 34.5 Å². The smallest absolute Gasteiger partial charge is 0.0543 e. The third kappa shape index (κ3) is 1.71. The minimum Gasteiger partial charge on any atom is -0.393 e. The molecule has 4 aliphatic rings. The summed E-state index contributed by atoms with van der Waals surface area (Å²) in [4.78, 5) is 0. The van der Waals surface area contributed by atoms with Gasteiger partial charge in [0, 0.05) is 0 Å². The summed E-state index contributed by atoms with van der Waals surface area (Å²) >= 11 is 0. The van der Waals surface area contributed by atoms with Crippen LogP contribution in [0.1, 0.15) is 65.2 Å². The summed E-state index contributed by atoms with van der Waals surface area (Å²) < 4.78 is 0. The van der Waals surface area contributed by atoms with Gasteiger partial charge in [0.05, 0.1) is 6.10 Å². The van der Waals surface area contributed by atoms with Crippen LogP contribution < -0.4 is 0 Å². The Balaban J connectivity index is 1.63. The molecule has 0 aliphatic heterocycles. The van der Waals surface area contributed by atoms with Crippen LogP contribution in [0, 0.1) is 34.5 Å². The van der Waals surface area contributed by atoms with Gasteiger partial charge in [-0.05, 0) is 85.9 Å². The van der Waals surface area contributed by atoms with E-state index in [1.54, 1.807) is 0 Å². The Morgan fingerprint density at radius 3 is 2.70 bits per heavy atom. The average Bonchev–Trinajstić information content (AvgIpc) is 2.81. The Morgan fingerprint density at radius 2 is 1.85 bits per heavy atom. The average molecular weight is 274 g/mol. The molecule has 0 aromatic rings. The summed E-state index contributed by atoms with van der Waals surface area (Å²) in [6.45, 7) is 5.09. The second-order valence-corrected chi connectivity index (χ2v) is 8.77. The van der Waals surface area contributed by atoms with Gasteiger partial charge in [0.1, 0.15) is 0 Å². The van der Waals surface area contributed by atoms with Crippen molar-refractivity contribution in [3.8, 4) is 0 Å². The highest BCUT2D eigenvalue weighted by Crippen LogP contribution is 2.64. The van der Waals surface area contributed by atoms with Crippen molar-refractivity contribution >= 4 is 0 Å². The van der Waals surface area contributed by atoms with E-state index in [2.05, 4.69) is 26.0 Å². The fourth-order valence-corrected chi connectivity index (χ4v) is 6.72. The van der Waals surface area contributed by atoms with Crippen molar-refractivity contribution in [2.45, 2.75) is 71.3 Å². The van der Waals surface area contributed by atoms with Gasteiger partial charge in [-0.15, -0.1) is 0 Å². The van der Waals surface area contributed by atoms with E-state index in [9.17, 15) is 5.11 Å². The molecular formula is C19H30O. The minimum absolute atomic E-state index is 0.00775. The van der Waals surface area contributed by atoms with Crippen LogP contribution in [0.15, 0.2) is 12.2 Å². The molecule has 0 heterocycles. The van der Waals surface area contributed by atoms with Gasteiger partial charge in [-0.3, -0.25) is 0 Å². The summed E-state index contributed by atoms with van der Waals surface area (Å²) in [5.74, 6) is 3.61. The molecule has 1 heteroatoms. The molecule has 112 valence electrons. The quantitative estimate of drug-likeness (QED) is 0.642. The van der Waals surface area contributed by atoms with Crippen molar-refractivity contribution in [3.05, 3.63) is 12.2 Å². The van der Waals surface area contributed by atoms with Gasteiger partial charge >= 0.3 is 0 Å². The van der Waals surface area contributed by atoms with E-state index < -0.39 is 0 Å². The third-order valence-corrected chi connectivity index (χ3v) is 7.96. The van der Waals surface area contributed by atoms with E-state index in [1.807, 2.05) is 0 Å². The van der Waals surface area contributed by atoms with Crippen LogP contribution in [-0.2, 0) is 0 Å². The summed E-state index contributed by atoms with van der Waals surface area (Å²) in [7, 11) is 0. The number of hydrogen-bond donors (Lipinski definition) is 1. The fourth-order valence-electron chi connectivity index (χ4n) is 6.72. The molecule has 1 nitrogen and oxygen atoms in total. The second-order valence-electron chi connectivity index (χ2n) is 8.77. The topological polar surface area (TPSA) is 20.2 Å². The van der Waals surface area contributed by atoms with Gasteiger partial charge < -0.3 is 5.11 Å². The summed E-state index contributed by atoms with van der Waals surface area (Å²) in [5, 5.41) is 10.0. The molecule has 7 atom stereocenters. The largest absolute Gasteiger partial charge is 0.393 e. The van der Waals surface area contributed by atoms with Crippen LogP contribution in [0.5, 0.6) is 0 Å². The molecule has 1 N–H and O–H groups in total. The lowest BCUT2D eigenvalue weighted by Gasteiger charge is -2.60. The van der Waals surface area contributed by atoms with Crippen LogP contribution in [0.4, 0.5) is 0 Å². The van der Waals surface area contributed by atoms with Crippen LogP contribution in [0.3, 0.4) is 0 Å². The maximum absolute atomic E-state index is 10.0. The molecule has 4 rings (SSSR count). The molecule has 20 heavy (non-hydrogen) atoms. The molecule has 0 amide bonds. The number of rotatable bonds is 0. The highest BCUT2D eigenvalue weighted by molar-refractivity contribution is 5.16. The molecule has 0 saturated heterocycles. The summed E-state index contributed by atoms with van der Waals surface area (Å²) in [6.07, 6.45) is 15.4. The first-order chi connectivity index (χ1) is 9.53. The van der Waals surface area contributed by atoms with Gasteiger partial charge in [-0.1, -0.05) is 26.0 Å². The van der Waals surface area contributed by atoms with Crippen molar-refractivity contribution in [1.29, 1.82) is 0 Å². The highest BCUT2D eigenvalue weighted by atomic mass is 16.3. The van der Waals surface area contributed by atoms with Crippen molar-refractivity contribution in [1.82, 2.24) is 0 Å². The molecule has 3 saturated carbocycles. The van der Waals surface area contributed by atoms with Gasteiger partial charge in [0.25, 0.3) is 0 Å². The van der Waals surface area contributed by atoms with Crippen molar-refractivity contribution in [2.75, 3.05) is 0 Å². The lowest BCUT2D eigenvalue weighted by molar-refractivity contribution is -0.116. The lowest BCUT2D eigenvalue weighted by Crippen LogP contribution is -2.53.